The van der Waals surface area contributed by atoms with Gasteiger partial charge in [-0.2, -0.15) is 4.31 Å². The van der Waals surface area contributed by atoms with Crippen molar-refractivity contribution in [3.05, 3.63) is 22.7 Å². The lowest BCUT2D eigenvalue weighted by molar-refractivity contribution is 0.0108. The first-order valence-corrected chi connectivity index (χ1v) is 8.86. The molecule has 2 rings (SSSR count). The highest BCUT2D eigenvalue weighted by molar-refractivity contribution is 9.10. The van der Waals surface area contributed by atoms with Crippen molar-refractivity contribution in [1.82, 2.24) is 4.31 Å². The van der Waals surface area contributed by atoms with Crippen molar-refractivity contribution in [2.24, 2.45) is 0 Å². The maximum atomic E-state index is 12.9. The van der Waals surface area contributed by atoms with Crippen LogP contribution in [-0.2, 0) is 14.8 Å². The summed E-state index contributed by atoms with van der Waals surface area (Å²) in [7, 11) is -3.76. The lowest BCUT2D eigenvalue weighted by atomic mass is 10.3. The van der Waals surface area contributed by atoms with Crippen molar-refractivity contribution in [2.75, 3.05) is 33.0 Å². The Morgan fingerprint density at radius 3 is 2.95 bits per heavy atom. The van der Waals surface area contributed by atoms with Gasteiger partial charge < -0.3 is 14.6 Å². The van der Waals surface area contributed by atoms with Gasteiger partial charge >= 0.3 is 0 Å². The Bertz CT molecular complexity index is 592. The zero-order valence-electron chi connectivity index (χ0n) is 11.7. The summed E-state index contributed by atoms with van der Waals surface area (Å²) in [4.78, 5) is 0.0964. The molecular formula is C13H18BrNO5S. The number of nitrogens with zero attached hydrogens (tertiary/aromatic N) is 1. The van der Waals surface area contributed by atoms with E-state index in [4.69, 9.17) is 9.47 Å². The molecule has 0 amide bonds. The lowest BCUT2D eigenvalue weighted by Crippen LogP contribution is -2.50. The van der Waals surface area contributed by atoms with Gasteiger partial charge in [0, 0.05) is 11.0 Å². The van der Waals surface area contributed by atoms with E-state index in [2.05, 4.69) is 15.9 Å². The highest BCUT2D eigenvalue weighted by Crippen LogP contribution is 2.31. The summed E-state index contributed by atoms with van der Waals surface area (Å²) in [6, 6.07) is 4.29. The summed E-state index contributed by atoms with van der Waals surface area (Å²) in [6.45, 7) is 2.60. The van der Waals surface area contributed by atoms with Gasteiger partial charge in [0.2, 0.25) is 10.0 Å². The minimum absolute atomic E-state index is 0.0964. The van der Waals surface area contributed by atoms with Crippen LogP contribution in [-0.4, -0.2) is 56.8 Å². The maximum absolute atomic E-state index is 12.9. The fourth-order valence-corrected chi connectivity index (χ4v) is 4.44. The van der Waals surface area contributed by atoms with E-state index in [0.717, 1.165) is 0 Å². The number of benzene rings is 1. The van der Waals surface area contributed by atoms with Crippen LogP contribution < -0.4 is 4.74 Å². The van der Waals surface area contributed by atoms with Gasteiger partial charge in [0.25, 0.3) is 0 Å². The van der Waals surface area contributed by atoms with E-state index in [1.54, 1.807) is 19.1 Å². The molecule has 0 radical (unpaired) electrons. The number of sulfonamides is 1. The Kier molecular flexibility index (Phi) is 5.61. The number of rotatable bonds is 5. The van der Waals surface area contributed by atoms with Gasteiger partial charge in [-0.15, -0.1) is 0 Å². The quantitative estimate of drug-likeness (QED) is 0.832. The minimum atomic E-state index is -3.76. The molecule has 0 spiro atoms. The first kappa shape index (κ1) is 16.7. The fourth-order valence-electron chi connectivity index (χ4n) is 2.18. The molecule has 0 aliphatic carbocycles. The molecule has 1 aromatic rings. The van der Waals surface area contributed by atoms with Gasteiger partial charge in [-0.05, 0) is 25.1 Å². The predicted octanol–water partition coefficient (Wildman–Crippen LogP) is 1.23. The second-order valence-electron chi connectivity index (χ2n) is 4.55. The SMILES string of the molecule is CCOc1ccc(Br)cc1S(=O)(=O)N1CCOCC1CO. The molecule has 1 aliphatic heterocycles. The highest BCUT2D eigenvalue weighted by Gasteiger charge is 2.35. The van der Waals surface area contributed by atoms with Crippen molar-refractivity contribution in [2.45, 2.75) is 17.9 Å². The van der Waals surface area contributed by atoms with Crippen LogP contribution in [0.25, 0.3) is 0 Å². The molecular weight excluding hydrogens is 362 g/mol. The molecule has 8 heteroatoms. The topological polar surface area (TPSA) is 76.1 Å². The zero-order chi connectivity index (χ0) is 15.5. The monoisotopic (exact) mass is 379 g/mol. The summed E-state index contributed by atoms with van der Waals surface area (Å²) >= 11 is 3.28. The van der Waals surface area contributed by atoms with E-state index in [9.17, 15) is 13.5 Å². The van der Waals surface area contributed by atoms with Gasteiger partial charge in [0.15, 0.2) is 0 Å². The van der Waals surface area contributed by atoms with Crippen LogP contribution in [0.1, 0.15) is 6.92 Å². The molecule has 118 valence electrons. The summed E-state index contributed by atoms with van der Waals surface area (Å²) in [5, 5.41) is 9.37. The Labute approximate surface area is 132 Å². The second-order valence-corrected chi connectivity index (χ2v) is 7.33. The molecule has 6 nitrogen and oxygen atoms in total. The molecule has 0 saturated carbocycles. The Hall–Kier alpha value is -0.670. The molecule has 21 heavy (non-hydrogen) atoms. The van der Waals surface area contributed by atoms with Gasteiger partial charge in [-0.25, -0.2) is 8.42 Å². The van der Waals surface area contributed by atoms with Crippen molar-refractivity contribution in [3.8, 4) is 5.75 Å². The van der Waals surface area contributed by atoms with E-state index >= 15 is 0 Å². The number of halogens is 1. The summed E-state index contributed by atoms with van der Waals surface area (Å²) < 4.78 is 38.3. The average molecular weight is 380 g/mol. The van der Waals surface area contributed by atoms with Crippen LogP contribution in [0, 0.1) is 0 Å². The van der Waals surface area contributed by atoms with E-state index in [-0.39, 0.29) is 24.7 Å². The number of aliphatic hydroxyl groups is 1. The number of aliphatic hydroxyl groups excluding tert-OH is 1. The van der Waals surface area contributed by atoms with E-state index < -0.39 is 16.1 Å². The molecule has 1 saturated heterocycles. The van der Waals surface area contributed by atoms with Gasteiger partial charge in [-0.1, -0.05) is 15.9 Å². The third-order valence-electron chi connectivity index (χ3n) is 3.18. The number of morpholine rings is 1. The predicted molar refractivity (Wildman–Crippen MR) is 80.9 cm³/mol. The first-order chi connectivity index (χ1) is 10.0. The Balaban J connectivity index is 2.45. The van der Waals surface area contributed by atoms with Gasteiger partial charge in [-0.3, -0.25) is 0 Å². The molecule has 1 N–H and O–H groups in total. The summed E-state index contributed by atoms with van der Waals surface area (Å²) in [5.74, 6) is 0.309. The van der Waals surface area contributed by atoms with Crippen molar-refractivity contribution in [3.63, 3.8) is 0 Å². The zero-order valence-corrected chi connectivity index (χ0v) is 14.1. The summed E-state index contributed by atoms with van der Waals surface area (Å²) in [6.07, 6.45) is 0. The summed E-state index contributed by atoms with van der Waals surface area (Å²) in [5.41, 5.74) is 0. The number of ether oxygens (including phenoxy) is 2. The Morgan fingerprint density at radius 2 is 2.29 bits per heavy atom. The van der Waals surface area contributed by atoms with Crippen LogP contribution in [0.15, 0.2) is 27.6 Å². The van der Waals surface area contributed by atoms with Crippen molar-refractivity contribution in [1.29, 1.82) is 0 Å². The number of hydrogen-bond donors (Lipinski definition) is 1. The maximum Gasteiger partial charge on any atom is 0.247 e. The third kappa shape index (κ3) is 3.57. The number of hydrogen-bond acceptors (Lipinski definition) is 5. The second kappa shape index (κ2) is 7.06. The molecule has 1 aliphatic rings. The van der Waals surface area contributed by atoms with E-state index in [1.165, 1.54) is 10.4 Å². The average Bonchev–Trinajstić information content (AvgIpc) is 2.49. The lowest BCUT2D eigenvalue weighted by Gasteiger charge is -2.33. The van der Waals surface area contributed by atoms with Crippen molar-refractivity contribution >= 4 is 26.0 Å². The first-order valence-electron chi connectivity index (χ1n) is 6.63. The van der Waals surface area contributed by atoms with E-state index in [1.807, 2.05) is 0 Å². The van der Waals surface area contributed by atoms with Gasteiger partial charge in [0.1, 0.15) is 10.6 Å². The van der Waals surface area contributed by atoms with Crippen molar-refractivity contribution < 1.29 is 23.0 Å². The highest BCUT2D eigenvalue weighted by atomic mass is 79.9. The minimum Gasteiger partial charge on any atom is -0.492 e. The molecule has 0 aromatic heterocycles. The van der Waals surface area contributed by atoms with Gasteiger partial charge in [0.05, 0.1) is 32.5 Å². The van der Waals surface area contributed by atoms with Crippen LogP contribution in [0.4, 0.5) is 0 Å². The third-order valence-corrected chi connectivity index (χ3v) is 5.64. The standard InChI is InChI=1S/C13H18BrNO5S/c1-2-20-12-4-3-10(14)7-13(12)21(17,18)15-5-6-19-9-11(15)8-16/h3-4,7,11,16H,2,5-6,8-9H2,1H3. The molecule has 1 aromatic carbocycles. The fraction of sp³-hybridized carbons (Fsp3) is 0.538. The molecule has 1 unspecified atom stereocenters. The normalized spacial score (nSPS) is 20.4. The largest absolute Gasteiger partial charge is 0.492 e. The molecule has 1 fully saturated rings. The smallest absolute Gasteiger partial charge is 0.247 e. The molecule has 0 bridgehead atoms. The van der Waals surface area contributed by atoms with Crippen LogP contribution in [0.3, 0.4) is 0 Å². The van der Waals surface area contributed by atoms with E-state index in [0.29, 0.717) is 23.4 Å². The van der Waals surface area contributed by atoms with Crippen LogP contribution in [0.2, 0.25) is 0 Å². The van der Waals surface area contributed by atoms with Crippen LogP contribution in [0.5, 0.6) is 5.75 Å². The molecule has 1 heterocycles. The Morgan fingerprint density at radius 1 is 1.52 bits per heavy atom. The van der Waals surface area contributed by atoms with Crippen LogP contribution >= 0.6 is 15.9 Å². The molecule has 1 atom stereocenters.